The van der Waals surface area contributed by atoms with Gasteiger partial charge in [0.05, 0.1) is 0 Å². The summed E-state index contributed by atoms with van der Waals surface area (Å²) in [6.45, 7) is 0.469. The first-order valence-corrected chi connectivity index (χ1v) is 3.45. The van der Waals surface area contributed by atoms with Crippen LogP contribution in [0.3, 0.4) is 0 Å². The van der Waals surface area contributed by atoms with E-state index in [1.54, 1.807) is 0 Å². The zero-order valence-electron chi connectivity index (χ0n) is 6.53. The second-order valence-corrected chi connectivity index (χ2v) is 2.35. The number of hydrogen-bond acceptors (Lipinski definition) is 3. The topological polar surface area (TPSA) is 66.5 Å². The molecule has 0 amide bonds. The number of phenols is 2. The van der Waals surface area contributed by atoms with Crippen LogP contribution in [0.5, 0.6) is 11.5 Å². The lowest BCUT2D eigenvalue weighted by atomic mass is 10.1. The van der Waals surface area contributed by atoms with Gasteiger partial charge in [0.15, 0.2) is 0 Å². The van der Waals surface area contributed by atoms with Crippen LogP contribution in [0.15, 0.2) is 18.2 Å². The minimum absolute atomic E-state index is 0. The van der Waals surface area contributed by atoms with Gasteiger partial charge in [-0.15, -0.1) is 12.4 Å². The van der Waals surface area contributed by atoms with Crippen molar-refractivity contribution in [1.29, 1.82) is 0 Å². The Kier molecular flexibility index (Phi) is 4.47. The fraction of sp³-hybridized carbons (Fsp3) is 0.250. The van der Waals surface area contributed by atoms with Crippen molar-refractivity contribution in [3.05, 3.63) is 23.8 Å². The molecule has 0 unspecified atom stereocenters. The molecule has 0 saturated carbocycles. The van der Waals surface area contributed by atoms with Crippen molar-refractivity contribution in [2.45, 2.75) is 6.42 Å². The van der Waals surface area contributed by atoms with Crippen LogP contribution in [0, 0.1) is 0 Å². The third kappa shape index (κ3) is 2.60. The summed E-state index contributed by atoms with van der Waals surface area (Å²) in [7, 11) is 0. The fourth-order valence-electron chi connectivity index (χ4n) is 0.928. The van der Waals surface area contributed by atoms with Gasteiger partial charge in [-0.05, 0) is 36.7 Å². The lowest BCUT2D eigenvalue weighted by Crippen LogP contribution is -2.02. The third-order valence-electron chi connectivity index (χ3n) is 1.48. The minimum atomic E-state index is 0. The summed E-state index contributed by atoms with van der Waals surface area (Å²) in [5.41, 5.74) is 5.97. The summed E-state index contributed by atoms with van der Waals surface area (Å²) in [6, 6.07) is 4.41. The molecule has 12 heavy (non-hydrogen) atoms. The highest BCUT2D eigenvalue weighted by Gasteiger charge is 1.99. The third-order valence-corrected chi connectivity index (χ3v) is 1.48. The smallest absolute Gasteiger partial charge is 0.119 e. The van der Waals surface area contributed by atoms with Gasteiger partial charge in [-0.3, -0.25) is 0 Å². The molecule has 0 saturated heterocycles. The SMILES string of the molecule is Cl.NCCc1cc(O)ccc1O. The van der Waals surface area contributed by atoms with Gasteiger partial charge in [0.25, 0.3) is 0 Å². The molecule has 68 valence electrons. The van der Waals surface area contributed by atoms with Gasteiger partial charge >= 0.3 is 0 Å². The number of phenolic OH excluding ortho intramolecular Hbond substituents is 2. The van der Waals surface area contributed by atoms with Crippen molar-refractivity contribution in [1.82, 2.24) is 0 Å². The molecule has 0 spiro atoms. The van der Waals surface area contributed by atoms with Crippen LogP contribution in [-0.4, -0.2) is 16.8 Å². The second kappa shape index (κ2) is 4.85. The zero-order chi connectivity index (χ0) is 8.27. The lowest BCUT2D eigenvalue weighted by Gasteiger charge is -2.02. The van der Waals surface area contributed by atoms with Crippen molar-refractivity contribution in [2.75, 3.05) is 6.54 Å². The summed E-state index contributed by atoms with van der Waals surface area (Å²) < 4.78 is 0. The summed E-state index contributed by atoms with van der Waals surface area (Å²) in [4.78, 5) is 0. The van der Waals surface area contributed by atoms with Crippen molar-refractivity contribution in [2.24, 2.45) is 5.73 Å². The average Bonchev–Trinajstić information content (AvgIpc) is 1.98. The van der Waals surface area contributed by atoms with Gasteiger partial charge in [0.2, 0.25) is 0 Å². The molecule has 0 radical (unpaired) electrons. The molecule has 0 fully saturated rings. The van der Waals surface area contributed by atoms with Gasteiger partial charge in [-0.2, -0.15) is 0 Å². The van der Waals surface area contributed by atoms with E-state index in [0.29, 0.717) is 18.5 Å². The second-order valence-electron chi connectivity index (χ2n) is 2.35. The average molecular weight is 190 g/mol. The highest BCUT2D eigenvalue weighted by molar-refractivity contribution is 5.85. The summed E-state index contributed by atoms with van der Waals surface area (Å²) >= 11 is 0. The highest BCUT2D eigenvalue weighted by atomic mass is 35.5. The number of halogens is 1. The molecule has 3 nitrogen and oxygen atoms in total. The Morgan fingerprint density at radius 3 is 2.50 bits per heavy atom. The first kappa shape index (κ1) is 11.1. The molecule has 4 heteroatoms. The summed E-state index contributed by atoms with van der Waals surface area (Å²) in [5.74, 6) is 0.347. The maximum absolute atomic E-state index is 9.20. The predicted molar refractivity (Wildman–Crippen MR) is 49.8 cm³/mol. The standard InChI is InChI=1S/C8H11NO2.ClH/c9-4-3-6-5-7(10)1-2-8(6)11;/h1-2,5,10-11H,3-4,9H2;1H. The molecule has 1 aromatic rings. The quantitative estimate of drug-likeness (QED) is 0.609. The Hall–Kier alpha value is -0.930. The van der Waals surface area contributed by atoms with Crippen LogP contribution in [0.4, 0.5) is 0 Å². The Morgan fingerprint density at radius 1 is 1.25 bits per heavy atom. The molecular weight excluding hydrogens is 178 g/mol. The Morgan fingerprint density at radius 2 is 1.92 bits per heavy atom. The predicted octanol–water partition coefficient (Wildman–Crippen LogP) is 1.02. The van der Waals surface area contributed by atoms with E-state index < -0.39 is 0 Å². The molecule has 4 N–H and O–H groups in total. The van der Waals surface area contributed by atoms with E-state index in [0.717, 1.165) is 0 Å². The molecule has 0 bridgehead atoms. The van der Waals surface area contributed by atoms with Crippen LogP contribution >= 0.6 is 12.4 Å². The number of nitrogens with two attached hydrogens (primary N) is 1. The zero-order valence-corrected chi connectivity index (χ0v) is 7.34. The fourth-order valence-corrected chi connectivity index (χ4v) is 0.928. The van der Waals surface area contributed by atoms with Gasteiger partial charge in [-0.25, -0.2) is 0 Å². The first-order valence-electron chi connectivity index (χ1n) is 3.45. The van der Waals surface area contributed by atoms with Gasteiger partial charge in [0, 0.05) is 0 Å². The molecule has 1 aromatic carbocycles. The maximum atomic E-state index is 9.20. The van der Waals surface area contributed by atoms with Gasteiger partial charge < -0.3 is 15.9 Å². The van der Waals surface area contributed by atoms with Gasteiger partial charge in [0.1, 0.15) is 11.5 Å². The van der Waals surface area contributed by atoms with E-state index >= 15 is 0 Å². The maximum Gasteiger partial charge on any atom is 0.119 e. The molecule has 1 rings (SSSR count). The van der Waals surface area contributed by atoms with Crippen LogP contribution < -0.4 is 5.73 Å². The molecule has 0 atom stereocenters. The molecule has 0 aromatic heterocycles. The van der Waals surface area contributed by atoms with Crippen molar-refractivity contribution >= 4 is 12.4 Å². The van der Waals surface area contributed by atoms with Crippen LogP contribution in [0.2, 0.25) is 0 Å². The van der Waals surface area contributed by atoms with Crippen LogP contribution in [0.25, 0.3) is 0 Å². The lowest BCUT2D eigenvalue weighted by molar-refractivity contribution is 0.454. The molecule has 0 aliphatic heterocycles. The Bertz CT molecular complexity index is 253. The van der Waals surface area contributed by atoms with Crippen molar-refractivity contribution < 1.29 is 10.2 Å². The number of rotatable bonds is 2. The van der Waals surface area contributed by atoms with E-state index in [9.17, 15) is 5.11 Å². The van der Waals surface area contributed by atoms with E-state index in [-0.39, 0.29) is 23.9 Å². The molecular formula is C8H12ClNO2. The molecule has 0 aliphatic carbocycles. The Labute approximate surface area is 77.2 Å². The largest absolute Gasteiger partial charge is 0.508 e. The van der Waals surface area contributed by atoms with Crippen LogP contribution in [-0.2, 0) is 6.42 Å². The van der Waals surface area contributed by atoms with E-state index in [1.165, 1.54) is 18.2 Å². The van der Waals surface area contributed by atoms with Crippen LogP contribution in [0.1, 0.15) is 5.56 Å². The normalized spacial score (nSPS) is 9.08. The first-order chi connectivity index (χ1) is 5.24. The molecule has 0 aliphatic rings. The van der Waals surface area contributed by atoms with E-state index in [2.05, 4.69) is 0 Å². The van der Waals surface area contributed by atoms with Gasteiger partial charge in [-0.1, -0.05) is 0 Å². The Balaban J connectivity index is 0.00000121. The van der Waals surface area contributed by atoms with E-state index in [1.807, 2.05) is 0 Å². The minimum Gasteiger partial charge on any atom is -0.508 e. The number of benzene rings is 1. The monoisotopic (exact) mass is 189 g/mol. The summed E-state index contributed by atoms with van der Waals surface area (Å²) in [5, 5.41) is 18.2. The van der Waals surface area contributed by atoms with Crippen molar-refractivity contribution in [3.8, 4) is 11.5 Å². The summed E-state index contributed by atoms with van der Waals surface area (Å²) in [6.07, 6.45) is 0.584. The molecule has 0 heterocycles. The highest BCUT2D eigenvalue weighted by Crippen LogP contribution is 2.21. The van der Waals surface area contributed by atoms with E-state index in [4.69, 9.17) is 10.8 Å². The van der Waals surface area contributed by atoms with Crippen molar-refractivity contribution in [3.63, 3.8) is 0 Å². The number of aromatic hydroxyl groups is 2. The number of hydrogen-bond donors (Lipinski definition) is 3.